The Morgan fingerprint density at radius 1 is 1.21 bits per heavy atom. The van der Waals surface area contributed by atoms with Crippen molar-refractivity contribution < 1.29 is 29.0 Å². The molecular formula is C20H15ClN2O6. The number of halogens is 1. The van der Waals surface area contributed by atoms with Crippen LogP contribution >= 0.6 is 11.6 Å². The lowest BCUT2D eigenvalue weighted by Crippen LogP contribution is -2.14. The van der Waals surface area contributed by atoms with Crippen molar-refractivity contribution in [1.82, 2.24) is 0 Å². The Labute approximate surface area is 170 Å². The van der Waals surface area contributed by atoms with E-state index in [9.17, 15) is 19.6 Å². The van der Waals surface area contributed by atoms with Gasteiger partial charge in [0.1, 0.15) is 17.4 Å². The number of nitrogens with one attached hydrogen (secondary N) is 1. The number of nitriles is 1. The largest absolute Gasteiger partial charge is 0.481 e. The van der Waals surface area contributed by atoms with Crippen molar-refractivity contribution in [2.75, 3.05) is 19.0 Å². The van der Waals surface area contributed by atoms with E-state index in [4.69, 9.17) is 21.4 Å². The highest BCUT2D eigenvalue weighted by atomic mass is 35.5. The highest BCUT2D eigenvalue weighted by Crippen LogP contribution is 2.25. The number of carbonyl (C=O) groups is 3. The molecule has 2 rings (SSSR count). The second-order valence-electron chi connectivity index (χ2n) is 5.56. The van der Waals surface area contributed by atoms with Gasteiger partial charge in [0, 0.05) is 16.3 Å². The van der Waals surface area contributed by atoms with E-state index in [0.29, 0.717) is 16.3 Å². The number of esters is 1. The number of carbonyl (C=O) groups excluding carboxylic acids is 2. The van der Waals surface area contributed by atoms with Crippen LogP contribution in [-0.2, 0) is 14.3 Å². The molecule has 0 saturated carbocycles. The average Bonchev–Trinajstić information content (AvgIpc) is 2.71. The van der Waals surface area contributed by atoms with Crippen LogP contribution in [0.4, 0.5) is 5.69 Å². The van der Waals surface area contributed by atoms with Gasteiger partial charge in [0.25, 0.3) is 5.91 Å². The number of carboxylic acids is 1. The molecule has 0 spiro atoms. The van der Waals surface area contributed by atoms with E-state index < -0.39 is 24.5 Å². The van der Waals surface area contributed by atoms with Crippen LogP contribution in [-0.4, -0.2) is 36.7 Å². The number of benzene rings is 2. The molecule has 0 aromatic heterocycles. The summed E-state index contributed by atoms with van der Waals surface area (Å²) in [6, 6.07) is 12.1. The third-order valence-corrected chi connectivity index (χ3v) is 3.79. The molecule has 0 aliphatic carbocycles. The number of amides is 1. The summed E-state index contributed by atoms with van der Waals surface area (Å²) in [5.74, 6) is -2.25. The van der Waals surface area contributed by atoms with Gasteiger partial charge in [0.05, 0.1) is 12.7 Å². The number of methoxy groups -OCH3 is 1. The third-order valence-electron chi connectivity index (χ3n) is 3.55. The molecule has 8 nitrogen and oxygen atoms in total. The van der Waals surface area contributed by atoms with Crippen LogP contribution in [0, 0.1) is 11.3 Å². The number of ether oxygens (including phenoxy) is 2. The monoisotopic (exact) mass is 414 g/mol. The lowest BCUT2D eigenvalue weighted by Gasteiger charge is -2.09. The molecule has 2 N–H and O–H groups in total. The number of anilines is 1. The summed E-state index contributed by atoms with van der Waals surface area (Å²) in [6.07, 6.45) is 1.24. The van der Waals surface area contributed by atoms with Crippen LogP contribution in [0.5, 0.6) is 5.75 Å². The first-order chi connectivity index (χ1) is 13.8. The van der Waals surface area contributed by atoms with Gasteiger partial charge in [-0.2, -0.15) is 5.26 Å². The van der Waals surface area contributed by atoms with E-state index in [1.165, 1.54) is 55.7 Å². The van der Waals surface area contributed by atoms with Gasteiger partial charge in [0.15, 0.2) is 6.61 Å². The van der Waals surface area contributed by atoms with Gasteiger partial charge in [-0.3, -0.25) is 4.79 Å². The third kappa shape index (κ3) is 6.09. The first-order valence-electron chi connectivity index (χ1n) is 8.09. The minimum Gasteiger partial charge on any atom is -0.481 e. The molecule has 9 heteroatoms. The van der Waals surface area contributed by atoms with E-state index in [1.807, 2.05) is 0 Å². The van der Waals surface area contributed by atoms with E-state index in [2.05, 4.69) is 10.1 Å². The summed E-state index contributed by atoms with van der Waals surface area (Å²) >= 11 is 5.95. The molecule has 0 radical (unpaired) electrons. The second kappa shape index (κ2) is 9.92. The Morgan fingerprint density at radius 3 is 2.48 bits per heavy atom. The minimum absolute atomic E-state index is 0.153. The Hall–Kier alpha value is -3.83. The zero-order valence-electron chi connectivity index (χ0n) is 15.1. The molecule has 0 atom stereocenters. The topological polar surface area (TPSA) is 126 Å². The van der Waals surface area contributed by atoms with E-state index >= 15 is 0 Å². The van der Waals surface area contributed by atoms with Crippen LogP contribution in [0.1, 0.15) is 15.9 Å². The van der Waals surface area contributed by atoms with E-state index in [-0.39, 0.29) is 16.9 Å². The van der Waals surface area contributed by atoms with Gasteiger partial charge in [-0.25, -0.2) is 9.59 Å². The summed E-state index contributed by atoms with van der Waals surface area (Å²) in [4.78, 5) is 34.6. The average molecular weight is 415 g/mol. The predicted molar refractivity (Wildman–Crippen MR) is 105 cm³/mol. The summed E-state index contributed by atoms with van der Waals surface area (Å²) in [5, 5.41) is 21.0. The molecule has 148 valence electrons. The van der Waals surface area contributed by atoms with Gasteiger partial charge in [-0.15, -0.1) is 0 Å². The molecular weight excluding hydrogens is 400 g/mol. The van der Waals surface area contributed by atoms with Crippen LogP contribution in [0.25, 0.3) is 6.08 Å². The molecule has 0 fully saturated rings. The number of rotatable bonds is 7. The fraction of sp³-hybridized carbons (Fsp3) is 0.100. The van der Waals surface area contributed by atoms with Gasteiger partial charge in [-0.1, -0.05) is 11.6 Å². The molecule has 29 heavy (non-hydrogen) atoms. The number of hydrogen-bond acceptors (Lipinski definition) is 6. The maximum absolute atomic E-state index is 12.4. The lowest BCUT2D eigenvalue weighted by molar-refractivity contribution is -0.139. The summed E-state index contributed by atoms with van der Waals surface area (Å²) < 4.78 is 9.75. The summed E-state index contributed by atoms with van der Waals surface area (Å²) in [5.41, 5.74) is 0.675. The highest BCUT2D eigenvalue weighted by Gasteiger charge is 2.13. The zero-order chi connectivity index (χ0) is 21.4. The number of hydrogen-bond donors (Lipinski definition) is 2. The molecule has 0 aliphatic rings. The lowest BCUT2D eigenvalue weighted by atomic mass is 10.1. The van der Waals surface area contributed by atoms with Gasteiger partial charge in [0.2, 0.25) is 0 Å². The number of aliphatic carboxylic acids is 1. The molecule has 2 aromatic carbocycles. The summed E-state index contributed by atoms with van der Waals surface area (Å²) in [6.45, 7) is -0.594. The van der Waals surface area contributed by atoms with Crippen molar-refractivity contribution in [3.05, 3.63) is 64.2 Å². The number of nitrogens with zero attached hydrogens (tertiary/aromatic N) is 1. The molecule has 0 saturated heterocycles. The maximum atomic E-state index is 12.4. The first kappa shape index (κ1) is 21.5. The van der Waals surface area contributed by atoms with Crippen LogP contribution in [0.3, 0.4) is 0 Å². The standard InChI is InChI=1S/C20H15ClN2O6/c1-28-20(27)12-2-5-16(6-3-12)23-19(26)14(10-22)8-13-9-15(21)4-7-17(13)29-11-18(24)25/h2-9H,11H2,1H3,(H,23,26)(H,24,25)/b14-8+. The quantitative estimate of drug-likeness (QED) is 0.405. The van der Waals surface area contributed by atoms with Gasteiger partial charge < -0.3 is 19.9 Å². The molecule has 0 unspecified atom stereocenters. The van der Waals surface area contributed by atoms with Crippen LogP contribution < -0.4 is 10.1 Å². The molecule has 0 bridgehead atoms. The smallest absolute Gasteiger partial charge is 0.341 e. The van der Waals surface area contributed by atoms with Crippen LogP contribution in [0.15, 0.2) is 48.0 Å². The minimum atomic E-state index is -1.18. The van der Waals surface area contributed by atoms with Crippen molar-refractivity contribution in [2.24, 2.45) is 0 Å². The summed E-state index contributed by atoms with van der Waals surface area (Å²) in [7, 11) is 1.26. The predicted octanol–water partition coefficient (Wildman–Crippen LogP) is 3.14. The van der Waals surface area contributed by atoms with Crippen molar-refractivity contribution in [3.8, 4) is 11.8 Å². The zero-order valence-corrected chi connectivity index (χ0v) is 15.9. The number of carboxylic acid groups (broad SMARTS) is 1. The Balaban J connectivity index is 2.24. The van der Waals surface area contributed by atoms with Gasteiger partial charge >= 0.3 is 11.9 Å². The second-order valence-corrected chi connectivity index (χ2v) is 5.99. The SMILES string of the molecule is COC(=O)c1ccc(NC(=O)/C(C#N)=C/c2cc(Cl)ccc2OCC(=O)O)cc1. The highest BCUT2D eigenvalue weighted by molar-refractivity contribution is 6.30. The normalized spacial score (nSPS) is 10.6. The Bertz CT molecular complexity index is 1010. The van der Waals surface area contributed by atoms with Crippen molar-refractivity contribution in [1.29, 1.82) is 5.26 Å². The molecule has 0 aliphatic heterocycles. The van der Waals surface area contributed by atoms with Crippen molar-refractivity contribution in [2.45, 2.75) is 0 Å². The Kier molecular flexibility index (Phi) is 7.34. The van der Waals surface area contributed by atoms with Crippen molar-refractivity contribution in [3.63, 3.8) is 0 Å². The maximum Gasteiger partial charge on any atom is 0.341 e. The van der Waals surface area contributed by atoms with Gasteiger partial charge in [-0.05, 0) is 48.5 Å². The Morgan fingerprint density at radius 2 is 1.90 bits per heavy atom. The molecule has 2 aromatic rings. The van der Waals surface area contributed by atoms with Crippen molar-refractivity contribution >= 4 is 41.2 Å². The van der Waals surface area contributed by atoms with E-state index in [0.717, 1.165) is 0 Å². The fourth-order valence-electron chi connectivity index (χ4n) is 2.21. The molecule has 0 heterocycles. The van der Waals surface area contributed by atoms with E-state index in [1.54, 1.807) is 6.07 Å². The van der Waals surface area contributed by atoms with Crippen LogP contribution in [0.2, 0.25) is 5.02 Å². The fourth-order valence-corrected chi connectivity index (χ4v) is 2.39. The molecule has 1 amide bonds. The first-order valence-corrected chi connectivity index (χ1v) is 8.47.